The molecule has 0 unspecified atom stereocenters. The van der Waals surface area contributed by atoms with Crippen molar-refractivity contribution < 1.29 is 14.3 Å². The third-order valence-electron chi connectivity index (χ3n) is 3.51. The number of thiophene rings is 1. The van der Waals surface area contributed by atoms with Crippen LogP contribution in [-0.2, 0) is 16.1 Å². The zero-order valence-corrected chi connectivity index (χ0v) is 17.3. The van der Waals surface area contributed by atoms with Crippen LogP contribution in [-0.4, -0.2) is 39.0 Å². The lowest BCUT2D eigenvalue weighted by atomic mass is 10.2. The van der Waals surface area contributed by atoms with Gasteiger partial charge in [-0.2, -0.15) is 0 Å². The van der Waals surface area contributed by atoms with Crippen LogP contribution >= 0.6 is 23.1 Å². The van der Waals surface area contributed by atoms with Gasteiger partial charge in [0.2, 0.25) is 5.91 Å². The molecule has 0 fully saturated rings. The molecular weight excluding hydrogens is 372 g/mol. The summed E-state index contributed by atoms with van der Waals surface area (Å²) < 4.78 is 7.05. The second-order valence-corrected chi connectivity index (χ2v) is 8.10. The van der Waals surface area contributed by atoms with Gasteiger partial charge >= 0.3 is 5.97 Å². The highest BCUT2D eigenvalue weighted by molar-refractivity contribution is 7.99. The van der Waals surface area contributed by atoms with Gasteiger partial charge in [0, 0.05) is 17.3 Å². The summed E-state index contributed by atoms with van der Waals surface area (Å²) in [6.07, 6.45) is 0. The van der Waals surface area contributed by atoms with Crippen LogP contribution in [0.4, 0.5) is 5.00 Å². The molecule has 26 heavy (non-hydrogen) atoms. The number of nitrogens with zero attached hydrogens (tertiary/aromatic N) is 3. The van der Waals surface area contributed by atoms with Gasteiger partial charge in [-0.3, -0.25) is 4.79 Å². The minimum absolute atomic E-state index is 0.190. The largest absolute Gasteiger partial charge is 0.462 e. The Balaban J connectivity index is 2.03. The first-order valence-electron chi connectivity index (χ1n) is 8.50. The lowest BCUT2D eigenvalue weighted by Gasteiger charge is -2.09. The van der Waals surface area contributed by atoms with Crippen LogP contribution in [0.5, 0.6) is 0 Å². The summed E-state index contributed by atoms with van der Waals surface area (Å²) in [4.78, 5) is 25.3. The van der Waals surface area contributed by atoms with Crippen molar-refractivity contribution in [2.45, 2.75) is 52.2 Å². The summed E-state index contributed by atoms with van der Waals surface area (Å²) in [5, 5.41) is 12.4. The Morgan fingerprint density at radius 3 is 2.69 bits per heavy atom. The van der Waals surface area contributed by atoms with Crippen LogP contribution < -0.4 is 5.32 Å². The van der Waals surface area contributed by atoms with Crippen molar-refractivity contribution in [2.24, 2.45) is 0 Å². The molecule has 0 radical (unpaired) electrons. The predicted octanol–water partition coefficient (Wildman–Crippen LogP) is 3.70. The Morgan fingerprint density at radius 2 is 2.08 bits per heavy atom. The van der Waals surface area contributed by atoms with Gasteiger partial charge < -0.3 is 14.6 Å². The Labute approximate surface area is 161 Å². The monoisotopic (exact) mass is 396 g/mol. The number of amides is 1. The number of hydrogen-bond donors (Lipinski definition) is 1. The van der Waals surface area contributed by atoms with E-state index in [0.29, 0.717) is 17.2 Å². The van der Waals surface area contributed by atoms with E-state index in [2.05, 4.69) is 29.4 Å². The SMILES string of the molecule is CCOC(=O)c1cc(C)sc1NC(=O)CSc1nnc(C(C)C)n1CC. The van der Waals surface area contributed by atoms with Gasteiger partial charge in [0.1, 0.15) is 10.8 Å². The number of thioether (sulfide) groups is 1. The summed E-state index contributed by atoms with van der Waals surface area (Å²) >= 11 is 2.69. The highest BCUT2D eigenvalue weighted by atomic mass is 32.2. The summed E-state index contributed by atoms with van der Waals surface area (Å²) in [7, 11) is 0. The summed E-state index contributed by atoms with van der Waals surface area (Å²) in [5.41, 5.74) is 0.395. The molecule has 0 bridgehead atoms. The van der Waals surface area contributed by atoms with Gasteiger partial charge in [-0.15, -0.1) is 21.5 Å². The normalized spacial score (nSPS) is 11.0. The number of aromatic nitrogens is 3. The van der Waals surface area contributed by atoms with Crippen molar-refractivity contribution in [2.75, 3.05) is 17.7 Å². The van der Waals surface area contributed by atoms with Crippen molar-refractivity contribution in [1.82, 2.24) is 14.8 Å². The first-order chi connectivity index (χ1) is 12.4. The Kier molecular flexibility index (Phi) is 7.22. The maximum absolute atomic E-state index is 12.3. The Morgan fingerprint density at radius 1 is 1.35 bits per heavy atom. The third kappa shape index (κ3) is 4.85. The molecule has 0 aliphatic heterocycles. The molecule has 9 heteroatoms. The zero-order valence-electron chi connectivity index (χ0n) is 15.7. The molecule has 2 heterocycles. The molecule has 7 nitrogen and oxygen atoms in total. The van der Waals surface area contributed by atoms with Crippen LogP contribution in [0.3, 0.4) is 0 Å². The smallest absolute Gasteiger partial charge is 0.341 e. The average Bonchev–Trinajstić information content (AvgIpc) is 3.16. The van der Waals surface area contributed by atoms with Crippen molar-refractivity contribution in [3.05, 3.63) is 22.3 Å². The van der Waals surface area contributed by atoms with E-state index in [1.807, 2.05) is 18.4 Å². The fourth-order valence-corrected chi connectivity index (χ4v) is 4.12. The van der Waals surface area contributed by atoms with Crippen LogP contribution in [0.1, 0.15) is 54.7 Å². The number of nitrogens with one attached hydrogen (secondary N) is 1. The number of hydrogen-bond acceptors (Lipinski definition) is 7. The number of carbonyl (C=O) groups excluding carboxylic acids is 2. The number of esters is 1. The van der Waals surface area contributed by atoms with Gasteiger partial charge in [-0.25, -0.2) is 4.79 Å². The number of aryl methyl sites for hydroxylation is 1. The van der Waals surface area contributed by atoms with E-state index in [4.69, 9.17) is 4.74 Å². The standard InChI is InChI=1S/C17H24N4O3S2/c1-6-21-14(10(3)4)19-20-17(21)25-9-13(22)18-15-12(8-11(5)26-15)16(23)24-7-2/h8,10H,6-7,9H2,1-5H3,(H,18,22). The number of ether oxygens (including phenoxy) is 1. The maximum Gasteiger partial charge on any atom is 0.341 e. The van der Waals surface area contributed by atoms with E-state index in [1.165, 1.54) is 23.1 Å². The number of rotatable bonds is 8. The topological polar surface area (TPSA) is 86.1 Å². The molecule has 2 aromatic heterocycles. The van der Waals surface area contributed by atoms with Crippen LogP contribution in [0.25, 0.3) is 0 Å². The van der Waals surface area contributed by atoms with Crippen molar-refractivity contribution >= 4 is 40.0 Å². The van der Waals surface area contributed by atoms with Gasteiger partial charge in [0.05, 0.1) is 17.9 Å². The van der Waals surface area contributed by atoms with Gasteiger partial charge in [-0.1, -0.05) is 25.6 Å². The second-order valence-electron chi connectivity index (χ2n) is 5.90. The molecule has 142 valence electrons. The molecule has 0 aliphatic rings. The fourth-order valence-electron chi connectivity index (χ4n) is 2.39. The minimum Gasteiger partial charge on any atom is -0.462 e. The van der Waals surface area contributed by atoms with Gasteiger partial charge in [0.15, 0.2) is 5.16 Å². The van der Waals surface area contributed by atoms with Crippen molar-refractivity contribution in [3.63, 3.8) is 0 Å². The molecule has 0 spiro atoms. The summed E-state index contributed by atoms with van der Waals surface area (Å²) in [6.45, 7) is 10.8. The molecule has 0 saturated heterocycles. The third-order valence-corrected chi connectivity index (χ3v) is 5.45. The maximum atomic E-state index is 12.3. The fraction of sp³-hybridized carbons (Fsp3) is 0.529. The Hall–Kier alpha value is -1.87. The van der Waals surface area contributed by atoms with Crippen LogP contribution in [0, 0.1) is 6.92 Å². The highest BCUT2D eigenvalue weighted by Crippen LogP contribution is 2.29. The van der Waals surface area contributed by atoms with E-state index in [0.717, 1.165) is 22.4 Å². The predicted molar refractivity (Wildman–Crippen MR) is 104 cm³/mol. The molecule has 1 N–H and O–H groups in total. The molecule has 0 aliphatic carbocycles. The lowest BCUT2D eigenvalue weighted by Crippen LogP contribution is -2.16. The summed E-state index contributed by atoms with van der Waals surface area (Å²) in [5.74, 6) is 0.752. The first-order valence-corrected chi connectivity index (χ1v) is 10.3. The van der Waals surface area contributed by atoms with E-state index in [1.54, 1.807) is 13.0 Å². The lowest BCUT2D eigenvalue weighted by molar-refractivity contribution is -0.113. The highest BCUT2D eigenvalue weighted by Gasteiger charge is 2.19. The molecular formula is C17H24N4O3S2. The summed E-state index contributed by atoms with van der Waals surface area (Å²) in [6, 6.07) is 1.73. The Bertz CT molecular complexity index is 783. The van der Waals surface area contributed by atoms with Crippen LogP contribution in [0.15, 0.2) is 11.2 Å². The van der Waals surface area contributed by atoms with Crippen LogP contribution in [0.2, 0.25) is 0 Å². The number of carbonyl (C=O) groups is 2. The van der Waals surface area contributed by atoms with Crippen molar-refractivity contribution in [1.29, 1.82) is 0 Å². The quantitative estimate of drug-likeness (QED) is 0.541. The second kappa shape index (κ2) is 9.18. The molecule has 0 aromatic carbocycles. The zero-order chi connectivity index (χ0) is 19.3. The first kappa shape index (κ1) is 20.4. The number of anilines is 1. The van der Waals surface area contributed by atoms with E-state index >= 15 is 0 Å². The molecule has 0 saturated carbocycles. The molecule has 2 rings (SSSR count). The van der Waals surface area contributed by atoms with E-state index < -0.39 is 5.97 Å². The molecule has 2 aromatic rings. The van der Waals surface area contributed by atoms with E-state index in [-0.39, 0.29) is 17.6 Å². The average molecular weight is 397 g/mol. The van der Waals surface area contributed by atoms with Crippen molar-refractivity contribution in [3.8, 4) is 0 Å². The van der Waals surface area contributed by atoms with E-state index in [9.17, 15) is 9.59 Å². The molecule has 0 atom stereocenters. The molecule has 1 amide bonds. The van der Waals surface area contributed by atoms with Gasteiger partial charge in [0.25, 0.3) is 0 Å². The van der Waals surface area contributed by atoms with Gasteiger partial charge in [-0.05, 0) is 26.8 Å². The minimum atomic E-state index is -0.424.